The Morgan fingerprint density at radius 1 is 1.06 bits per heavy atom. The minimum atomic E-state index is -0.614. The number of carbonyl (C=O) groups excluding carboxylic acids is 2. The first kappa shape index (κ1) is 25.9. The predicted molar refractivity (Wildman–Crippen MR) is 133 cm³/mol. The van der Waals surface area contributed by atoms with Crippen LogP contribution >= 0.6 is 15.9 Å². The summed E-state index contributed by atoms with van der Waals surface area (Å²) in [6.45, 7) is 13.0. The van der Waals surface area contributed by atoms with Crippen molar-refractivity contribution in [3.05, 3.63) is 64.1 Å². The second-order valence-electron chi connectivity index (χ2n) is 9.51. The topological polar surface area (TPSA) is 58.6 Å². The van der Waals surface area contributed by atoms with Gasteiger partial charge in [-0.3, -0.25) is 9.59 Å². The van der Waals surface area contributed by atoms with Gasteiger partial charge in [0.25, 0.3) is 5.91 Å². The van der Waals surface area contributed by atoms with Crippen molar-refractivity contribution >= 4 is 27.7 Å². The molecule has 0 aliphatic carbocycles. The van der Waals surface area contributed by atoms with Crippen LogP contribution in [-0.2, 0) is 21.5 Å². The number of nitrogens with one attached hydrogen (secondary N) is 1. The van der Waals surface area contributed by atoms with Crippen molar-refractivity contribution < 1.29 is 14.3 Å². The molecule has 0 aromatic heterocycles. The molecule has 32 heavy (non-hydrogen) atoms. The largest absolute Gasteiger partial charge is 0.483 e. The average molecular weight is 503 g/mol. The lowest BCUT2D eigenvalue weighted by Gasteiger charge is -2.29. The predicted octanol–water partition coefficient (Wildman–Crippen LogP) is 5.31. The van der Waals surface area contributed by atoms with Crippen molar-refractivity contribution in [2.45, 2.75) is 59.5 Å². The van der Waals surface area contributed by atoms with Gasteiger partial charge in [0.2, 0.25) is 5.91 Å². The zero-order valence-corrected chi connectivity index (χ0v) is 21.5. The monoisotopic (exact) mass is 502 g/mol. The Morgan fingerprint density at radius 2 is 1.72 bits per heavy atom. The summed E-state index contributed by atoms with van der Waals surface area (Å²) in [5.74, 6) is 0.524. The summed E-state index contributed by atoms with van der Waals surface area (Å²) in [6, 6.07) is 14.9. The van der Waals surface area contributed by atoms with Crippen LogP contribution in [0, 0.1) is 5.92 Å². The molecule has 2 rings (SSSR count). The highest BCUT2D eigenvalue weighted by atomic mass is 79.9. The van der Waals surface area contributed by atoms with Crippen LogP contribution in [0.4, 0.5) is 0 Å². The zero-order chi connectivity index (χ0) is 23.9. The highest BCUT2D eigenvalue weighted by Gasteiger charge is 2.27. The van der Waals surface area contributed by atoms with Crippen LogP contribution < -0.4 is 10.1 Å². The van der Waals surface area contributed by atoms with Gasteiger partial charge in [-0.2, -0.15) is 0 Å². The van der Waals surface area contributed by atoms with Crippen LogP contribution in [0.1, 0.15) is 52.7 Å². The van der Waals surface area contributed by atoms with E-state index in [1.807, 2.05) is 62.4 Å². The Kier molecular flexibility index (Phi) is 9.32. The number of hydrogen-bond acceptors (Lipinski definition) is 3. The van der Waals surface area contributed by atoms with Gasteiger partial charge < -0.3 is 15.0 Å². The molecule has 0 saturated heterocycles. The van der Waals surface area contributed by atoms with Crippen molar-refractivity contribution in [1.29, 1.82) is 0 Å². The van der Waals surface area contributed by atoms with Crippen LogP contribution in [0.25, 0.3) is 0 Å². The van der Waals surface area contributed by atoms with Crippen molar-refractivity contribution in [2.24, 2.45) is 5.92 Å². The first-order chi connectivity index (χ1) is 15.0. The van der Waals surface area contributed by atoms with Crippen LogP contribution in [0.2, 0.25) is 0 Å². The summed E-state index contributed by atoms with van der Waals surface area (Å²) in [5.41, 5.74) is 2.14. The number of amides is 2. The van der Waals surface area contributed by atoms with Crippen molar-refractivity contribution in [3.63, 3.8) is 0 Å². The molecular formula is C26H35BrN2O3. The Bertz CT molecular complexity index is 907. The van der Waals surface area contributed by atoms with E-state index in [2.05, 4.69) is 42.0 Å². The normalized spacial score (nSPS) is 12.4. The van der Waals surface area contributed by atoms with E-state index in [0.717, 1.165) is 10.0 Å². The van der Waals surface area contributed by atoms with E-state index in [-0.39, 0.29) is 23.8 Å². The smallest absolute Gasteiger partial charge is 0.261 e. The Labute approximate surface area is 200 Å². The number of hydrogen-bond donors (Lipinski definition) is 1. The standard InChI is InChI=1S/C26H35BrN2O3/c1-18(2)15-28-25(31)19(3)29(16-20-10-8-7-9-11-20)24(30)17-32-23-13-12-21(14-22(23)27)26(4,5)6/h7-14,18-19H,15-17H2,1-6H3,(H,28,31)/t19-/m0/s1. The lowest BCUT2D eigenvalue weighted by atomic mass is 9.87. The minimum Gasteiger partial charge on any atom is -0.483 e. The van der Waals surface area contributed by atoms with E-state index < -0.39 is 6.04 Å². The molecule has 0 bridgehead atoms. The van der Waals surface area contributed by atoms with Crippen LogP contribution in [0.5, 0.6) is 5.75 Å². The molecule has 1 N–H and O–H groups in total. The third-order valence-electron chi connectivity index (χ3n) is 5.20. The molecule has 174 valence electrons. The molecule has 5 nitrogen and oxygen atoms in total. The fourth-order valence-corrected chi connectivity index (χ4v) is 3.62. The molecule has 0 aliphatic heterocycles. The maximum absolute atomic E-state index is 13.1. The fraction of sp³-hybridized carbons (Fsp3) is 0.462. The number of benzene rings is 2. The van der Waals surface area contributed by atoms with Gasteiger partial charge in [-0.15, -0.1) is 0 Å². The molecule has 2 aromatic rings. The van der Waals surface area contributed by atoms with Crippen molar-refractivity contribution in [2.75, 3.05) is 13.2 Å². The van der Waals surface area contributed by atoms with Crippen LogP contribution in [0.15, 0.2) is 53.0 Å². The van der Waals surface area contributed by atoms with Crippen molar-refractivity contribution in [3.8, 4) is 5.75 Å². The van der Waals surface area contributed by atoms with Gasteiger partial charge in [0.1, 0.15) is 11.8 Å². The summed E-state index contributed by atoms with van der Waals surface area (Å²) < 4.78 is 6.64. The van der Waals surface area contributed by atoms with E-state index in [4.69, 9.17) is 4.74 Å². The van der Waals surface area contributed by atoms with Gasteiger partial charge in [-0.05, 0) is 57.4 Å². The van der Waals surface area contributed by atoms with Gasteiger partial charge in [0, 0.05) is 13.1 Å². The number of carbonyl (C=O) groups is 2. The third-order valence-corrected chi connectivity index (χ3v) is 5.82. The molecule has 0 unspecified atom stereocenters. The molecule has 0 radical (unpaired) electrons. The van der Waals surface area contributed by atoms with Gasteiger partial charge in [0.05, 0.1) is 4.47 Å². The number of rotatable bonds is 9. The molecule has 6 heteroatoms. The molecule has 2 amide bonds. The zero-order valence-electron chi connectivity index (χ0n) is 19.9. The molecule has 0 heterocycles. The first-order valence-electron chi connectivity index (χ1n) is 11.0. The molecular weight excluding hydrogens is 468 g/mol. The van der Waals surface area contributed by atoms with E-state index >= 15 is 0 Å². The summed E-state index contributed by atoms with van der Waals surface area (Å²) in [6.07, 6.45) is 0. The van der Waals surface area contributed by atoms with Gasteiger partial charge in [-0.25, -0.2) is 0 Å². The van der Waals surface area contributed by atoms with Gasteiger partial charge >= 0.3 is 0 Å². The van der Waals surface area contributed by atoms with Gasteiger partial charge in [0.15, 0.2) is 6.61 Å². The van der Waals surface area contributed by atoms with Crippen LogP contribution in [-0.4, -0.2) is 35.9 Å². The first-order valence-corrected chi connectivity index (χ1v) is 11.8. The highest BCUT2D eigenvalue weighted by molar-refractivity contribution is 9.10. The summed E-state index contributed by atoms with van der Waals surface area (Å²) in [7, 11) is 0. The Balaban J connectivity index is 2.14. The average Bonchev–Trinajstić information content (AvgIpc) is 2.74. The molecule has 2 aromatic carbocycles. The van der Waals surface area contributed by atoms with E-state index in [1.54, 1.807) is 11.8 Å². The van der Waals surface area contributed by atoms with E-state index in [1.165, 1.54) is 5.56 Å². The summed E-state index contributed by atoms with van der Waals surface area (Å²) in [5, 5.41) is 2.93. The highest BCUT2D eigenvalue weighted by Crippen LogP contribution is 2.31. The SMILES string of the molecule is CC(C)CNC(=O)[C@H](C)N(Cc1ccccc1)C(=O)COc1ccc(C(C)(C)C)cc1Br. The number of nitrogens with zero attached hydrogens (tertiary/aromatic N) is 1. The fourth-order valence-electron chi connectivity index (χ4n) is 3.12. The Hall–Kier alpha value is -2.34. The molecule has 0 spiro atoms. The van der Waals surface area contributed by atoms with Gasteiger partial charge in [-0.1, -0.05) is 71.0 Å². The Morgan fingerprint density at radius 3 is 2.28 bits per heavy atom. The van der Waals surface area contributed by atoms with Crippen LogP contribution in [0.3, 0.4) is 0 Å². The summed E-state index contributed by atoms with van der Waals surface area (Å²) >= 11 is 3.55. The summed E-state index contributed by atoms with van der Waals surface area (Å²) in [4.78, 5) is 27.4. The van der Waals surface area contributed by atoms with Crippen molar-refractivity contribution in [1.82, 2.24) is 10.2 Å². The molecule has 1 atom stereocenters. The minimum absolute atomic E-state index is 0.0160. The quantitative estimate of drug-likeness (QED) is 0.504. The lowest BCUT2D eigenvalue weighted by molar-refractivity contribution is -0.142. The van der Waals surface area contributed by atoms with E-state index in [0.29, 0.717) is 24.8 Å². The second-order valence-corrected chi connectivity index (χ2v) is 10.4. The number of ether oxygens (including phenoxy) is 1. The lowest BCUT2D eigenvalue weighted by Crippen LogP contribution is -2.49. The molecule has 0 fully saturated rings. The van der Waals surface area contributed by atoms with E-state index in [9.17, 15) is 9.59 Å². The maximum atomic E-state index is 13.1. The third kappa shape index (κ3) is 7.66. The molecule has 0 saturated carbocycles. The maximum Gasteiger partial charge on any atom is 0.261 e. The number of halogens is 1. The molecule has 0 aliphatic rings. The second kappa shape index (κ2) is 11.5.